The third-order valence-corrected chi connectivity index (χ3v) is 3.47. The first-order valence-corrected chi connectivity index (χ1v) is 6.53. The van der Waals surface area contributed by atoms with Gasteiger partial charge in [-0.1, -0.05) is 11.6 Å². The van der Waals surface area contributed by atoms with Crippen LogP contribution in [0.4, 0.5) is 21.5 Å². The molecule has 0 aromatic heterocycles. The zero-order valence-corrected chi connectivity index (χ0v) is 12.3. The molecule has 19 heavy (non-hydrogen) atoms. The number of methoxy groups -OCH3 is 1. The van der Waals surface area contributed by atoms with Crippen molar-refractivity contribution in [1.29, 1.82) is 0 Å². The van der Waals surface area contributed by atoms with E-state index in [9.17, 15) is 4.39 Å². The van der Waals surface area contributed by atoms with E-state index in [-0.39, 0.29) is 10.7 Å². The molecule has 0 saturated carbocycles. The highest BCUT2D eigenvalue weighted by Gasteiger charge is 2.08. The Morgan fingerprint density at radius 1 is 1.32 bits per heavy atom. The second-order valence-electron chi connectivity index (χ2n) is 3.83. The Morgan fingerprint density at radius 2 is 2.05 bits per heavy atom. The summed E-state index contributed by atoms with van der Waals surface area (Å²) < 4.78 is 19.2. The number of anilines is 3. The van der Waals surface area contributed by atoms with Crippen molar-refractivity contribution in [2.75, 3.05) is 18.2 Å². The third-order valence-electron chi connectivity index (χ3n) is 2.52. The van der Waals surface area contributed by atoms with Gasteiger partial charge in [-0.15, -0.1) is 0 Å². The lowest BCUT2D eigenvalue weighted by Crippen LogP contribution is -1.98. The summed E-state index contributed by atoms with van der Waals surface area (Å²) >= 11 is 9.10. The Bertz CT molecular complexity index is 622. The summed E-state index contributed by atoms with van der Waals surface area (Å²) in [6, 6.07) is 8.09. The predicted octanol–water partition coefficient (Wildman–Crippen LogP) is 4.58. The van der Waals surface area contributed by atoms with Gasteiger partial charge in [0.1, 0.15) is 11.6 Å². The lowest BCUT2D eigenvalue weighted by atomic mass is 10.2. The minimum atomic E-state index is -0.543. The highest BCUT2D eigenvalue weighted by molar-refractivity contribution is 9.10. The van der Waals surface area contributed by atoms with E-state index in [1.165, 1.54) is 12.1 Å². The molecule has 0 amide bonds. The van der Waals surface area contributed by atoms with E-state index in [0.717, 1.165) is 10.2 Å². The topological polar surface area (TPSA) is 47.3 Å². The van der Waals surface area contributed by atoms with Crippen LogP contribution in [0.5, 0.6) is 5.75 Å². The van der Waals surface area contributed by atoms with Crippen molar-refractivity contribution < 1.29 is 9.13 Å². The minimum Gasteiger partial charge on any atom is -0.495 e. The van der Waals surface area contributed by atoms with Gasteiger partial charge >= 0.3 is 0 Å². The molecule has 100 valence electrons. The van der Waals surface area contributed by atoms with Gasteiger partial charge in [-0.05, 0) is 34.1 Å². The molecule has 0 atom stereocenters. The van der Waals surface area contributed by atoms with Gasteiger partial charge in [0.25, 0.3) is 0 Å². The van der Waals surface area contributed by atoms with E-state index in [4.69, 9.17) is 22.1 Å². The van der Waals surface area contributed by atoms with Crippen LogP contribution in [0.25, 0.3) is 0 Å². The molecule has 0 aliphatic rings. The number of halogens is 3. The lowest BCUT2D eigenvalue weighted by Gasteiger charge is -2.12. The Morgan fingerprint density at radius 3 is 2.74 bits per heavy atom. The monoisotopic (exact) mass is 344 g/mol. The molecule has 0 heterocycles. The van der Waals surface area contributed by atoms with Crippen LogP contribution < -0.4 is 15.8 Å². The summed E-state index contributed by atoms with van der Waals surface area (Å²) in [6.45, 7) is 0. The number of benzene rings is 2. The quantitative estimate of drug-likeness (QED) is 0.801. The fourth-order valence-corrected chi connectivity index (χ4v) is 2.14. The van der Waals surface area contributed by atoms with Crippen LogP contribution in [0.2, 0.25) is 5.02 Å². The molecule has 2 aromatic carbocycles. The maximum absolute atomic E-state index is 13.2. The van der Waals surface area contributed by atoms with Gasteiger partial charge in [-0.2, -0.15) is 0 Å². The SMILES string of the molecule is COc1cc(Nc2cc(Cl)c(F)cc2N)ccc1Br. The molecular formula is C13H11BrClFN2O. The van der Waals surface area contributed by atoms with Crippen LogP contribution in [-0.2, 0) is 0 Å². The average Bonchev–Trinajstić information content (AvgIpc) is 2.38. The standard InChI is InChI=1S/C13H11BrClFN2O/c1-19-13-4-7(2-3-8(13)14)18-12-5-9(15)10(16)6-11(12)17/h2-6,18H,17H2,1H3. The first-order chi connectivity index (χ1) is 9.01. The van der Waals surface area contributed by atoms with Crippen LogP contribution in [0.15, 0.2) is 34.8 Å². The molecule has 0 aliphatic carbocycles. The molecule has 3 nitrogen and oxygen atoms in total. The van der Waals surface area contributed by atoms with E-state index < -0.39 is 5.82 Å². The van der Waals surface area contributed by atoms with Crippen molar-refractivity contribution in [2.24, 2.45) is 0 Å². The molecule has 0 fully saturated rings. The van der Waals surface area contributed by atoms with E-state index in [0.29, 0.717) is 11.4 Å². The van der Waals surface area contributed by atoms with E-state index in [1.54, 1.807) is 13.2 Å². The minimum absolute atomic E-state index is 0.0146. The van der Waals surface area contributed by atoms with Crippen LogP contribution in [0.1, 0.15) is 0 Å². The van der Waals surface area contributed by atoms with Crippen LogP contribution in [0.3, 0.4) is 0 Å². The number of nitrogen functional groups attached to an aromatic ring is 1. The molecule has 0 aliphatic heterocycles. The molecule has 0 saturated heterocycles. The van der Waals surface area contributed by atoms with Crippen molar-refractivity contribution in [1.82, 2.24) is 0 Å². The summed E-state index contributed by atoms with van der Waals surface area (Å²) in [7, 11) is 1.58. The fourth-order valence-electron chi connectivity index (χ4n) is 1.56. The molecule has 2 rings (SSSR count). The van der Waals surface area contributed by atoms with Gasteiger partial charge in [0, 0.05) is 17.8 Å². The van der Waals surface area contributed by atoms with E-state index in [1.807, 2.05) is 12.1 Å². The predicted molar refractivity (Wildman–Crippen MR) is 79.8 cm³/mol. The fraction of sp³-hybridized carbons (Fsp3) is 0.0769. The summed E-state index contributed by atoms with van der Waals surface area (Å²) in [5, 5.41) is 3.08. The number of hydrogen-bond acceptors (Lipinski definition) is 3. The van der Waals surface area contributed by atoms with Crippen molar-refractivity contribution in [2.45, 2.75) is 0 Å². The Hall–Kier alpha value is -1.46. The summed E-state index contributed by atoms with van der Waals surface area (Å²) in [4.78, 5) is 0. The van der Waals surface area contributed by atoms with Crippen molar-refractivity contribution in [3.8, 4) is 5.75 Å². The zero-order chi connectivity index (χ0) is 14.0. The normalized spacial score (nSPS) is 10.3. The maximum atomic E-state index is 13.2. The van der Waals surface area contributed by atoms with Gasteiger partial charge in [-0.3, -0.25) is 0 Å². The number of hydrogen-bond donors (Lipinski definition) is 2. The van der Waals surface area contributed by atoms with Gasteiger partial charge in [0.05, 0.1) is 28.0 Å². The average molecular weight is 346 g/mol. The third kappa shape index (κ3) is 3.11. The highest BCUT2D eigenvalue weighted by Crippen LogP contribution is 2.32. The number of nitrogens with two attached hydrogens (primary N) is 1. The summed E-state index contributed by atoms with van der Waals surface area (Å²) in [5.74, 6) is 0.134. The Kier molecular flexibility index (Phi) is 4.17. The molecule has 2 aromatic rings. The van der Waals surface area contributed by atoms with Crippen molar-refractivity contribution >= 4 is 44.6 Å². The highest BCUT2D eigenvalue weighted by atomic mass is 79.9. The van der Waals surface area contributed by atoms with Crippen molar-refractivity contribution in [3.63, 3.8) is 0 Å². The second-order valence-corrected chi connectivity index (χ2v) is 5.09. The molecule has 6 heteroatoms. The van der Waals surface area contributed by atoms with Gasteiger partial charge in [0.15, 0.2) is 0 Å². The Balaban J connectivity index is 2.33. The number of ether oxygens (including phenoxy) is 1. The first kappa shape index (κ1) is 14.0. The number of rotatable bonds is 3. The van der Waals surface area contributed by atoms with Gasteiger partial charge in [-0.25, -0.2) is 4.39 Å². The lowest BCUT2D eigenvalue weighted by molar-refractivity contribution is 0.412. The van der Waals surface area contributed by atoms with Gasteiger partial charge < -0.3 is 15.8 Å². The molecule has 0 radical (unpaired) electrons. The maximum Gasteiger partial charge on any atom is 0.143 e. The van der Waals surface area contributed by atoms with Crippen molar-refractivity contribution in [3.05, 3.63) is 45.6 Å². The number of nitrogens with one attached hydrogen (secondary N) is 1. The molecular weight excluding hydrogens is 335 g/mol. The first-order valence-electron chi connectivity index (χ1n) is 5.36. The largest absolute Gasteiger partial charge is 0.495 e. The van der Waals surface area contributed by atoms with Gasteiger partial charge in [0.2, 0.25) is 0 Å². The molecule has 0 spiro atoms. The smallest absolute Gasteiger partial charge is 0.143 e. The zero-order valence-electron chi connectivity index (χ0n) is 10.0. The second kappa shape index (κ2) is 5.67. The van der Waals surface area contributed by atoms with E-state index in [2.05, 4.69) is 21.2 Å². The molecule has 3 N–H and O–H groups in total. The Labute approximate surface area is 123 Å². The summed E-state index contributed by atoms with van der Waals surface area (Å²) in [5.41, 5.74) is 7.31. The molecule has 0 unspecified atom stereocenters. The molecule has 0 bridgehead atoms. The van der Waals surface area contributed by atoms with Crippen LogP contribution >= 0.6 is 27.5 Å². The summed E-state index contributed by atoms with van der Waals surface area (Å²) in [6.07, 6.45) is 0. The van der Waals surface area contributed by atoms with Crippen LogP contribution in [0, 0.1) is 5.82 Å². The van der Waals surface area contributed by atoms with Crippen LogP contribution in [-0.4, -0.2) is 7.11 Å². The van der Waals surface area contributed by atoms with E-state index >= 15 is 0 Å².